The molecule has 2 nitrogen and oxygen atoms in total. The van der Waals surface area contributed by atoms with Crippen molar-refractivity contribution in [3.63, 3.8) is 0 Å². The van der Waals surface area contributed by atoms with Crippen LogP contribution in [0.2, 0.25) is 0 Å². The number of aliphatic hydroxyl groups excluding tert-OH is 1. The molecule has 1 atom stereocenters. The van der Waals surface area contributed by atoms with E-state index in [1.54, 1.807) is 24.5 Å². The molecule has 20 heavy (non-hydrogen) atoms. The highest BCUT2D eigenvalue weighted by Gasteiger charge is 2.29. The lowest BCUT2D eigenvalue weighted by molar-refractivity contribution is -0.137. The van der Waals surface area contributed by atoms with E-state index in [0.717, 1.165) is 12.1 Å². The summed E-state index contributed by atoms with van der Waals surface area (Å²) in [6.45, 7) is 0. The minimum atomic E-state index is -4.32. The fraction of sp³-hybridized carbons (Fsp3) is 0.214. The first kappa shape index (κ1) is 14.9. The summed E-state index contributed by atoms with van der Waals surface area (Å²) in [6, 6.07) is 8.37. The summed E-state index contributed by atoms with van der Waals surface area (Å²) >= 11 is 1.30. The second-order valence-corrected chi connectivity index (χ2v) is 5.23. The van der Waals surface area contributed by atoms with Crippen molar-refractivity contribution in [2.24, 2.45) is 0 Å². The van der Waals surface area contributed by atoms with E-state index in [9.17, 15) is 18.3 Å². The van der Waals surface area contributed by atoms with Gasteiger partial charge in [-0.05, 0) is 35.9 Å². The van der Waals surface area contributed by atoms with Crippen LogP contribution in [0.25, 0.3) is 0 Å². The molecule has 0 aliphatic rings. The summed E-state index contributed by atoms with van der Waals surface area (Å²) < 4.78 is 37.2. The van der Waals surface area contributed by atoms with Crippen LogP contribution < -0.4 is 0 Å². The van der Waals surface area contributed by atoms with E-state index in [4.69, 9.17) is 0 Å². The fourth-order valence-electron chi connectivity index (χ4n) is 1.58. The maximum Gasteiger partial charge on any atom is 0.416 e. The van der Waals surface area contributed by atoms with Crippen LogP contribution in [0, 0.1) is 0 Å². The molecule has 0 saturated heterocycles. The van der Waals surface area contributed by atoms with Crippen molar-refractivity contribution < 1.29 is 18.3 Å². The number of aliphatic hydroxyl groups is 1. The zero-order valence-corrected chi connectivity index (χ0v) is 11.2. The van der Waals surface area contributed by atoms with Crippen LogP contribution in [0.15, 0.2) is 53.7 Å². The smallest absolute Gasteiger partial charge is 0.387 e. The fourth-order valence-corrected chi connectivity index (χ4v) is 2.46. The molecule has 1 unspecified atom stereocenters. The quantitative estimate of drug-likeness (QED) is 0.868. The lowest BCUT2D eigenvalue weighted by atomic mass is 10.2. The van der Waals surface area contributed by atoms with Gasteiger partial charge in [0.2, 0.25) is 0 Å². The van der Waals surface area contributed by atoms with Gasteiger partial charge in [0.25, 0.3) is 0 Å². The third kappa shape index (κ3) is 3.98. The molecule has 1 heterocycles. The van der Waals surface area contributed by atoms with Gasteiger partial charge in [-0.3, -0.25) is 4.98 Å². The van der Waals surface area contributed by atoms with Crippen LogP contribution in [0.4, 0.5) is 13.2 Å². The van der Waals surface area contributed by atoms with Gasteiger partial charge in [-0.2, -0.15) is 13.2 Å². The normalized spacial score (nSPS) is 13.2. The summed E-state index contributed by atoms with van der Waals surface area (Å²) in [5, 5.41) is 9.92. The molecule has 0 radical (unpaired) electrons. The molecule has 0 aliphatic carbocycles. The number of hydrogen-bond donors (Lipinski definition) is 1. The Kier molecular flexibility index (Phi) is 4.67. The van der Waals surface area contributed by atoms with Crippen molar-refractivity contribution in [2.75, 3.05) is 5.75 Å². The maximum atomic E-state index is 12.4. The molecule has 6 heteroatoms. The van der Waals surface area contributed by atoms with Crippen molar-refractivity contribution in [1.29, 1.82) is 0 Å². The molecule has 106 valence electrons. The Balaban J connectivity index is 1.94. The minimum absolute atomic E-state index is 0.358. The van der Waals surface area contributed by atoms with E-state index < -0.39 is 17.8 Å². The number of nitrogens with zero attached hydrogens (tertiary/aromatic N) is 1. The molecule has 1 N–H and O–H groups in total. The van der Waals surface area contributed by atoms with Gasteiger partial charge in [-0.1, -0.05) is 6.07 Å². The van der Waals surface area contributed by atoms with Crippen LogP contribution in [0.1, 0.15) is 17.2 Å². The van der Waals surface area contributed by atoms with E-state index in [2.05, 4.69) is 4.98 Å². The number of pyridine rings is 1. The van der Waals surface area contributed by atoms with Gasteiger partial charge in [0.15, 0.2) is 0 Å². The third-order valence-corrected chi connectivity index (χ3v) is 3.75. The highest BCUT2D eigenvalue weighted by Crippen LogP contribution is 2.31. The summed E-state index contributed by atoms with van der Waals surface area (Å²) in [6.07, 6.45) is -1.84. The number of rotatable bonds is 4. The topological polar surface area (TPSA) is 33.1 Å². The zero-order valence-electron chi connectivity index (χ0n) is 10.3. The minimum Gasteiger partial charge on any atom is -0.387 e. The van der Waals surface area contributed by atoms with Gasteiger partial charge in [-0.15, -0.1) is 11.8 Å². The summed E-state index contributed by atoms with van der Waals surface area (Å²) in [4.78, 5) is 4.59. The SMILES string of the molecule is OC(CSc1ccc(C(F)(F)F)cc1)c1cccnc1. The average Bonchev–Trinajstić information content (AvgIpc) is 2.45. The standard InChI is InChI=1S/C14H12F3NOS/c15-14(16,17)11-3-5-12(6-4-11)20-9-13(19)10-2-1-7-18-8-10/h1-8,13,19H,9H2. The molecule has 2 rings (SSSR count). The van der Waals surface area contributed by atoms with E-state index >= 15 is 0 Å². The highest BCUT2D eigenvalue weighted by molar-refractivity contribution is 7.99. The maximum absolute atomic E-state index is 12.4. The van der Waals surface area contributed by atoms with Crippen LogP contribution >= 0.6 is 11.8 Å². The zero-order chi connectivity index (χ0) is 14.6. The van der Waals surface area contributed by atoms with Crippen molar-refractivity contribution in [1.82, 2.24) is 4.98 Å². The predicted octanol–water partition coefficient (Wildman–Crippen LogP) is 3.93. The molecule has 0 fully saturated rings. The van der Waals surface area contributed by atoms with Crippen molar-refractivity contribution >= 4 is 11.8 Å². The monoisotopic (exact) mass is 299 g/mol. The van der Waals surface area contributed by atoms with Crippen LogP contribution in [-0.2, 0) is 6.18 Å². The van der Waals surface area contributed by atoms with Crippen molar-refractivity contribution in [2.45, 2.75) is 17.2 Å². The highest BCUT2D eigenvalue weighted by atomic mass is 32.2. The number of thioether (sulfide) groups is 1. The largest absolute Gasteiger partial charge is 0.416 e. The van der Waals surface area contributed by atoms with Gasteiger partial charge < -0.3 is 5.11 Å². The molecule has 0 saturated carbocycles. The Hall–Kier alpha value is -1.53. The second-order valence-electron chi connectivity index (χ2n) is 4.14. The molecular weight excluding hydrogens is 287 g/mol. The number of aromatic nitrogens is 1. The molecule has 1 aromatic carbocycles. The Morgan fingerprint density at radius 2 is 1.85 bits per heavy atom. The Bertz CT molecular complexity index is 543. The second kappa shape index (κ2) is 6.28. The molecule has 0 spiro atoms. The summed E-state index contributed by atoms with van der Waals surface area (Å²) in [5.41, 5.74) is 0.0153. The van der Waals surface area contributed by atoms with E-state index in [1.165, 1.54) is 23.9 Å². The van der Waals surface area contributed by atoms with Crippen molar-refractivity contribution in [3.05, 3.63) is 59.9 Å². The predicted molar refractivity (Wildman–Crippen MR) is 71.4 cm³/mol. The molecule has 0 aliphatic heterocycles. The van der Waals surface area contributed by atoms with Gasteiger partial charge in [0, 0.05) is 23.0 Å². The lowest BCUT2D eigenvalue weighted by Crippen LogP contribution is -2.04. The first-order chi connectivity index (χ1) is 9.47. The average molecular weight is 299 g/mol. The van der Waals surface area contributed by atoms with Gasteiger partial charge >= 0.3 is 6.18 Å². The molecule has 0 amide bonds. The molecule has 2 aromatic rings. The summed E-state index contributed by atoms with van der Waals surface area (Å²) in [5.74, 6) is 0.358. The van der Waals surface area contributed by atoms with Crippen LogP contribution in [0.3, 0.4) is 0 Å². The Morgan fingerprint density at radius 1 is 1.15 bits per heavy atom. The van der Waals surface area contributed by atoms with Crippen LogP contribution in [-0.4, -0.2) is 15.8 Å². The first-order valence-corrected chi connectivity index (χ1v) is 6.83. The number of halogens is 3. The Morgan fingerprint density at radius 3 is 2.40 bits per heavy atom. The first-order valence-electron chi connectivity index (χ1n) is 5.85. The van der Waals surface area contributed by atoms with E-state index in [-0.39, 0.29) is 0 Å². The molecule has 0 bridgehead atoms. The Labute approximate surface area is 118 Å². The van der Waals surface area contributed by atoms with Crippen LogP contribution in [0.5, 0.6) is 0 Å². The molecule has 1 aromatic heterocycles. The van der Waals surface area contributed by atoms with Crippen molar-refractivity contribution in [3.8, 4) is 0 Å². The van der Waals surface area contributed by atoms with E-state index in [0.29, 0.717) is 16.2 Å². The van der Waals surface area contributed by atoms with Gasteiger partial charge in [-0.25, -0.2) is 0 Å². The van der Waals surface area contributed by atoms with E-state index in [1.807, 2.05) is 0 Å². The van der Waals surface area contributed by atoms with Gasteiger partial charge in [0.1, 0.15) is 0 Å². The third-order valence-electron chi connectivity index (χ3n) is 2.66. The number of benzene rings is 1. The molecular formula is C14H12F3NOS. The number of hydrogen-bond acceptors (Lipinski definition) is 3. The lowest BCUT2D eigenvalue weighted by Gasteiger charge is -2.11. The number of alkyl halides is 3. The summed E-state index contributed by atoms with van der Waals surface area (Å²) in [7, 11) is 0. The van der Waals surface area contributed by atoms with Gasteiger partial charge in [0.05, 0.1) is 11.7 Å².